The Labute approximate surface area is 310 Å². The molecule has 2 aliphatic carbocycles. The Kier molecular flexibility index (Phi) is 8.39. The van der Waals surface area contributed by atoms with E-state index in [-0.39, 0.29) is 10.8 Å². The Morgan fingerprint density at radius 3 is 1.60 bits per heavy atom. The lowest BCUT2D eigenvalue weighted by Crippen LogP contribution is -2.31. The van der Waals surface area contributed by atoms with Crippen LogP contribution in [0.5, 0.6) is 0 Å². The van der Waals surface area contributed by atoms with E-state index in [9.17, 15) is 0 Å². The van der Waals surface area contributed by atoms with Crippen molar-refractivity contribution < 1.29 is 0 Å². The first-order valence-electron chi connectivity index (χ1n) is 17.3. The molecular formula is C44H34N6S2. The molecule has 0 aliphatic heterocycles. The van der Waals surface area contributed by atoms with E-state index in [4.69, 9.17) is 9.97 Å². The standard InChI is InChI=1S/2C22H17N3S/c1-2-7-16(8-3-1)22(20-10-4-5-13-23-20)12-11-17-18(15-22)24-25-21(17)19-9-6-14-26-19;1-2-6-17(7-3-1)22(20-8-4-5-12-23-20)11-9-18-19(14-22)24-25-21(18)16-10-13-26-15-16/h1-14H,15H2,(H,24,25);1-13,15H,14H2,(H,24,25). The highest BCUT2D eigenvalue weighted by Gasteiger charge is 2.39. The molecule has 8 heteroatoms. The van der Waals surface area contributed by atoms with Crippen LogP contribution in [0.1, 0.15) is 45.0 Å². The zero-order chi connectivity index (χ0) is 34.8. The average molecular weight is 711 g/mol. The monoisotopic (exact) mass is 710 g/mol. The second-order valence-corrected chi connectivity index (χ2v) is 14.8. The lowest BCUT2D eigenvalue weighted by molar-refractivity contribution is 0.601. The summed E-state index contributed by atoms with van der Waals surface area (Å²) in [6.07, 6.45) is 14.4. The highest BCUT2D eigenvalue weighted by Crippen LogP contribution is 2.44. The van der Waals surface area contributed by atoms with Crippen LogP contribution in [0, 0.1) is 0 Å². The van der Waals surface area contributed by atoms with Crippen LogP contribution in [0.25, 0.3) is 34.0 Å². The fraction of sp³-hybridized carbons (Fsp3) is 0.0909. The molecule has 8 aromatic rings. The van der Waals surface area contributed by atoms with Gasteiger partial charge in [0.25, 0.3) is 0 Å². The third-order valence-corrected chi connectivity index (χ3v) is 11.7. The number of fused-ring (bicyclic) bond motifs is 2. The molecule has 0 saturated heterocycles. The zero-order valence-corrected chi connectivity index (χ0v) is 29.8. The van der Waals surface area contributed by atoms with Crippen molar-refractivity contribution in [1.82, 2.24) is 30.4 Å². The molecular weight excluding hydrogens is 677 g/mol. The van der Waals surface area contributed by atoms with Gasteiger partial charge in [-0.15, -0.1) is 11.3 Å². The molecule has 2 aliphatic rings. The summed E-state index contributed by atoms with van der Waals surface area (Å²) in [4.78, 5) is 10.6. The van der Waals surface area contributed by atoms with Gasteiger partial charge in [-0.3, -0.25) is 20.2 Å². The van der Waals surface area contributed by atoms with E-state index in [2.05, 4.69) is 164 Å². The maximum atomic E-state index is 4.70. The number of allylic oxidation sites excluding steroid dienone is 2. The third-order valence-electron chi connectivity index (χ3n) is 10.1. The summed E-state index contributed by atoms with van der Waals surface area (Å²) in [5.74, 6) is 0. The highest BCUT2D eigenvalue weighted by atomic mass is 32.1. The lowest BCUT2D eigenvalue weighted by atomic mass is 9.70. The van der Waals surface area contributed by atoms with Gasteiger partial charge in [-0.25, -0.2) is 0 Å². The second-order valence-electron chi connectivity index (χ2n) is 13.0. The van der Waals surface area contributed by atoms with E-state index in [1.165, 1.54) is 32.7 Å². The van der Waals surface area contributed by atoms with Crippen LogP contribution in [0.15, 0.2) is 156 Å². The van der Waals surface area contributed by atoms with Gasteiger partial charge in [-0.2, -0.15) is 21.5 Å². The molecule has 2 atom stereocenters. The minimum Gasteiger partial charge on any atom is -0.281 e. The fourth-order valence-electron chi connectivity index (χ4n) is 7.52. The number of aromatic nitrogens is 6. The van der Waals surface area contributed by atoms with Crippen molar-refractivity contribution in [3.63, 3.8) is 0 Å². The van der Waals surface area contributed by atoms with E-state index >= 15 is 0 Å². The molecule has 2 N–H and O–H groups in total. The summed E-state index contributed by atoms with van der Waals surface area (Å²) >= 11 is 3.41. The molecule has 252 valence electrons. The van der Waals surface area contributed by atoms with Crippen molar-refractivity contribution in [1.29, 1.82) is 0 Å². The number of hydrogen-bond acceptors (Lipinski definition) is 6. The predicted octanol–water partition coefficient (Wildman–Crippen LogP) is 10.2. The number of nitrogens with zero attached hydrogens (tertiary/aromatic N) is 4. The van der Waals surface area contributed by atoms with E-state index in [1.807, 2.05) is 24.5 Å². The highest BCUT2D eigenvalue weighted by molar-refractivity contribution is 7.13. The maximum Gasteiger partial charge on any atom is 0.109 e. The van der Waals surface area contributed by atoms with E-state index in [1.54, 1.807) is 22.7 Å². The number of thiophene rings is 2. The minimum absolute atomic E-state index is 0.283. The van der Waals surface area contributed by atoms with Crippen molar-refractivity contribution in [3.8, 4) is 21.8 Å². The van der Waals surface area contributed by atoms with Gasteiger partial charge in [0.2, 0.25) is 0 Å². The summed E-state index contributed by atoms with van der Waals surface area (Å²) in [7, 11) is 0. The Morgan fingerprint density at radius 2 is 1.10 bits per heavy atom. The van der Waals surface area contributed by atoms with Crippen LogP contribution < -0.4 is 0 Å². The first-order chi connectivity index (χ1) is 25.7. The van der Waals surface area contributed by atoms with Gasteiger partial charge >= 0.3 is 0 Å². The SMILES string of the molecule is C1=CC(c2ccccc2)(c2ccccn2)Cc2[nH]nc(-c3cccs3)c21.C1=CC(c2ccccc2)(c2ccccn2)Cc2[nH]nc(-c3ccsc3)c21. The molecule has 0 fully saturated rings. The molecule has 0 bridgehead atoms. The smallest absolute Gasteiger partial charge is 0.109 e. The largest absolute Gasteiger partial charge is 0.281 e. The minimum atomic E-state index is -0.284. The molecule has 6 heterocycles. The van der Waals surface area contributed by atoms with Crippen LogP contribution in [0.4, 0.5) is 0 Å². The van der Waals surface area contributed by atoms with Gasteiger partial charge in [0, 0.05) is 58.7 Å². The van der Waals surface area contributed by atoms with Gasteiger partial charge in [0.05, 0.1) is 27.1 Å². The first kappa shape index (κ1) is 32.0. The van der Waals surface area contributed by atoms with Crippen molar-refractivity contribution in [3.05, 3.63) is 201 Å². The van der Waals surface area contributed by atoms with Gasteiger partial charge in [-0.1, -0.05) is 103 Å². The number of rotatable bonds is 6. The van der Waals surface area contributed by atoms with Crippen LogP contribution in [-0.4, -0.2) is 30.4 Å². The van der Waals surface area contributed by atoms with Gasteiger partial charge in [-0.05, 0) is 58.3 Å². The average Bonchev–Trinajstić information content (AvgIpc) is 4.07. The molecule has 2 aromatic carbocycles. The van der Waals surface area contributed by atoms with Crippen LogP contribution in [0.2, 0.25) is 0 Å². The molecule has 6 aromatic heterocycles. The normalized spacial score (nSPS) is 18.6. The third kappa shape index (κ3) is 5.66. The molecule has 52 heavy (non-hydrogen) atoms. The number of pyridine rings is 2. The van der Waals surface area contributed by atoms with Gasteiger partial charge in [0.15, 0.2) is 0 Å². The summed E-state index contributed by atoms with van der Waals surface area (Å²) in [6, 6.07) is 39.8. The van der Waals surface area contributed by atoms with Gasteiger partial charge in [0.1, 0.15) is 11.4 Å². The maximum absolute atomic E-state index is 4.70. The van der Waals surface area contributed by atoms with Crippen LogP contribution >= 0.6 is 22.7 Å². The second kappa shape index (κ2) is 13.6. The van der Waals surface area contributed by atoms with Crippen molar-refractivity contribution in [2.45, 2.75) is 23.7 Å². The molecule has 0 saturated carbocycles. The summed E-state index contributed by atoms with van der Waals surface area (Å²) in [5, 5.41) is 22.1. The van der Waals surface area contributed by atoms with Crippen molar-refractivity contribution in [2.75, 3.05) is 0 Å². The first-order valence-corrected chi connectivity index (χ1v) is 19.1. The van der Waals surface area contributed by atoms with E-state index < -0.39 is 0 Å². The Hall–Kier alpha value is -5.96. The fourth-order valence-corrected chi connectivity index (χ4v) is 8.89. The number of hydrogen-bond donors (Lipinski definition) is 2. The molecule has 6 nitrogen and oxygen atoms in total. The quantitative estimate of drug-likeness (QED) is 0.180. The van der Waals surface area contributed by atoms with Crippen LogP contribution in [0.3, 0.4) is 0 Å². The summed E-state index contributed by atoms with van der Waals surface area (Å²) in [6.45, 7) is 0. The van der Waals surface area contributed by atoms with E-state index in [0.29, 0.717) is 0 Å². The molecule has 0 radical (unpaired) electrons. The van der Waals surface area contributed by atoms with Crippen molar-refractivity contribution >= 4 is 34.8 Å². The molecule has 10 rings (SSSR count). The van der Waals surface area contributed by atoms with E-state index in [0.717, 1.165) is 47.0 Å². The molecule has 2 unspecified atom stereocenters. The number of H-pyrrole nitrogens is 2. The number of aromatic amines is 2. The zero-order valence-electron chi connectivity index (χ0n) is 28.2. The Morgan fingerprint density at radius 1 is 0.538 bits per heavy atom. The lowest BCUT2D eigenvalue weighted by Gasteiger charge is -2.33. The predicted molar refractivity (Wildman–Crippen MR) is 212 cm³/mol. The Bertz CT molecular complexity index is 2190. The van der Waals surface area contributed by atoms with Crippen molar-refractivity contribution in [2.24, 2.45) is 0 Å². The van der Waals surface area contributed by atoms with Gasteiger partial charge < -0.3 is 0 Å². The number of nitrogens with one attached hydrogen (secondary N) is 2. The molecule has 0 amide bonds. The Balaban J connectivity index is 0.000000138. The molecule has 0 spiro atoms. The summed E-state index contributed by atoms with van der Waals surface area (Å²) in [5.41, 5.74) is 12.0. The van der Waals surface area contributed by atoms with Crippen LogP contribution in [-0.2, 0) is 23.7 Å². The number of benzene rings is 2. The summed E-state index contributed by atoms with van der Waals surface area (Å²) < 4.78 is 0. The topological polar surface area (TPSA) is 83.1 Å².